The number of nitrogens with one attached hydrogen (secondary N) is 1. The molecule has 0 fully saturated rings. The van der Waals surface area contributed by atoms with Crippen LogP contribution in [0.15, 0.2) is 0 Å². The zero-order valence-corrected chi connectivity index (χ0v) is 20.8. The van der Waals surface area contributed by atoms with E-state index in [4.69, 9.17) is 9.84 Å². The SMILES string of the molecule is CCOCCNC(=O)CCC(C=O)CC(=O)CCCCCCCCCCCCCCC(=O)O. The molecule has 192 valence electrons. The molecule has 33 heavy (non-hydrogen) atoms. The Balaban J connectivity index is 3.53. The average Bonchev–Trinajstić information content (AvgIpc) is 2.79. The highest BCUT2D eigenvalue weighted by Crippen LogP contribution is 2.15. The highest BCUT2D eigenvalue weighted by atomic mass is 16.5. The summed E-state index contributed by atoms with van der Waals surface area (Å²) in [4.78, 5) is 45.6. The second kappa shape index (κ2) is 23.4. The van der Waals surface area contributed by atoms with Gasteiger partial charge in [-0.25, -0.2) is 0 Å². The standard InChI is InChI=1S/C26H47NO6/c1-2-33-20-19-27-25(30)18-17-23(22-28)21-24(29)15-13-11-9-7-5-3-4-6-8-10-12-14-16-26(31)32/h22-23H,2-21H2,1H3,(H,27,30)(H,31,32). The maximum atomic E-state index is 12.1. The number of carboxylic acid groups (broad SMARTS) is 1. The first-order chi connectivity index (χ1) is 16.0. The van der Waals surface area contributed by atoms with Crippen LogP contribution in [0.1, 0.15) is 116 Å². The van der Waals surface area contributed by atoms with E-state index >= 15 is 0 Å². The zero-order valence-electron chi connectivity index (χ0n) is 20.8. The fraction of sp³-hybridized carbons (Fsp3) is 0.846. The first kappa shape index (κ1) is 31.2. The Labute approximate surface area is 200 Å². The third kappa shape index (κ3) is 23.2. The molecule has 7 nitrogen and oxygen atoms in total. The highest BCUT2D eigenvalue weighted by Gasteiger charge is 2.14. The monoisotopic (exact) mass is 469 g/mol. The van der Waals surface area contributed by atoms with Gasteiger partial charge in [0, 0.05) is 44.8 Å². The van der Waals surface area contributed by atoms with Crippen molar-refractivity contribution < 1.29 is 29.0 Å². The Morgan fingerprint density at radius 1 is 0.818 bits per heavy atom. The van der Waals surface area contributed by atoms with E-state index in [0.29, 0.717) is 32.6 Å². The van der Waals surface area contributed by atoms with E-state index in [0.717, 1.165) is 44.8 Å². The predicted octanol–water partition coefficient (Wildman–Crippen LogP) is 5.24. The molecule has 0 heterocycles. The molecular formula is C26H47NO6. The molecule has 1 atom stereocenters. The molecule has 0 spiro atoms. The quantitative estimate of drug-likeness (QED) is 0.140. The van der Waals surface area contributed by atoms with E-state index in [1.54, 1.807) is 0 Å². The molecule has 0 saturated heterocycles. The normalized spacial score (nSPS) is 11.8. The molecular weight excluding hydrogens is 422 g/mol. The summed E-state index contributed by atoms with van der Waals surface area (Å²) in [6.07, 6.45) is 15.9. The second-order valence-electron chi connectivity index (χ2n) is 8.86. The fourth-order valence-electron chi connectivity index (χ4n) is 3.79. The Morgan fingerprint density at radius 3 is 1.82 bits per heavy atom. The molecule has 2 N–H and O–H groups in total. The Morgan fingerprint density at radius 2 is 1.33 bits per heavy atom. The summed E-state index contributed by atoms with van der Waals surface area (Å²) in [5.74, 6) is -1.06. The number of aldehydes is 1. The van der Waals surface area contributed by atoms with E-state index in [1.807, 2.05) is 6.92 Å². The highest BCUT2D eigenvalue weighted by molar-refractivity contribution is 5.81. The third-order valence-electron chi connectivity index (χ3n) is 5.79. The number of ether oxygens (including phenoxy) is 1. The van der Waals surface area contributed by atoms with Crippen molar-refractivity contribution in [3.05, 3.63) is 0 Å². The summed E-state index contributed by atoms with van der Waals surface area (Å²) in [5.41, 5.74) is 0. The molecule has 0 aliphatic carbocycles. The van der Waals surface area contributed by atoms with Crippen molar-refractivity contribution >= 4 is 23.9 Å². The number of hydrogen-bond acceptors (Lipinski definition) is 5. The topological polar surface area (TPSA) is 110 Å². The van der Waals surface area contributed by atoms with Crippen molar-refractivity contribution in [2.75, 3.05) is 19.8 Å². The van der Waals surface area contributed by atoms with Gasteiger partial charge in [0.25, 0.3) is 0 Å². The van der Waals surface area contributed by atoms with Crippen LogP contribution in [0.2, 0.25) is 0 Å². The minimum Gasteiger partial charge on any atom is -0.481 e. The van der Waals surface area contributed by atoms with Crippen molar-refractivity contribution in [3.63, 3.8) is 0 Å². The van der Waals surface area contributed by atoms with Crippen molar-refractivity contribution in [1.82, 2.24) is 5.32 Å². The van der Waals surface area contributed by atoms with Gasteiger partial charge in [-0.1, -0.05) is 64.2 Å². The van der Waals surface area contributed by atoms with Crippen LogP contribution in [0.4, 0.5) is 0 Å². The van der Waals surface area contributed by atoms with E-state index < -0.39 is 5.97 Å². The van der Waals surface area contributed by atoms with E-state index in [2.05, 4.69) is 5.32 Å². The van der Waals surface area contributed by atoms with Gasteiger partial charge >= 0.3 is 5.97 Å². The van der Waals surface area contributed by atoms with Crippen LogP contribution in [0.3, 0.4) is 0 Å². The van der Waals surface area contributed by atoms with Crippen molar-refractivity contribution in [3.8, 4) is 0 Å². The van der Waals surface area contributed by atoms with Crippen molar-refractivity contribution in [1.29, 1.82) is 0 Å². The first-order valence-electron chi connectivity index (χ1n) is 13.0. The summed E-state index contributed by atoms with van der Waals surface area (Å²) < 4.78 is 5.16. The first-order valence-corrected chi connectivity index (χ1v) is 13.0. The summed E-state index contributed by atoms with van der Waals surface area (Å²) >= 11 is 0. The van der Waals surface area contributed by atoms with E-state index in [1.165, 1.54) is 38.5 Å². The lowest BCUT2D eigenvalue weighted by atomic mass is 9.95. The maximum Gasteiger partial charge on any atom is 0.303 e. The summed E-state index contributed by atoms with van der Waals surface area (Å²) in [5, 5.41) is 11.3. The maximum absolute atomic E-state index is 12.1. The molecule has 7 heteroatoms. The molecule has 1 unspecified atom stereocenters. The van der Waals surface area contributed by atoms with Crippen LogP contribution in [-0.2, 0) is 23.9 Å². The second-order valence-corrected chi connectivity index (χ2v) is 8.86. The fourth-order valence-corrected chi connectivity index (χ4v) is 3.79. The molecule has 0 radical (unpaired) electrons. The number of aliphatic carboxylic acids is 1. The van der Waals surface area contributed by atoms with Gasteiger partial charge in [0.05, 0.1) is 6.61 Å². The van der Waals surface area contributed by atoms with Crippen LogP contribution < -0.4 is 5.32 Å². The van der Waals surface area contributed by atoms with Gasteiger partial charge in [0.15, 0.2) is 0 Å². The van der Waals surface area contributed by atoms with Crippen LogP contribution in [0, 0.1) is 5.92 Å². The lowest BCUT2D eigenvalue weighted by Crippen LogP contribution is -2.27. The minimum atomic E-state index is -0.699. The van der Waals surface area contributed by atoms with Gasteiger partial charge in [-0.3, -0.25) is 14.4 Å². The smallest absolute Gasteiger partial charge is 0.303 e. The largest absolute Gasteiger partial charge is 0.481 e. The number of carbonyl (C=O) groups is 4. The number of Topliss-reactive ketones (excluding diaryl/α,β-unsaturated/α-hetero) is 1. The molecule has 0 aromatic heterocycles. The van der Waals surface area contributed by atoms with Crippen molar-refractivity contribution in [2.45, 2.75) is 116 Å². The average molecular weight is 470 g/mol. The Kier molecular flexibility index (Phi) is 22.2. The predicted molar refractivity (Wildman–Crippen MR) is 130 cm³/mol. The molecule has 0 saturated carbocycles. The number of carboxylic acids is 1. The van der Waals surface area contributed by atoms with Crippen LogP contribution in [0.5, 0.6) is 0 Å². The van der Waals surface area contributed by atoms with Gasteiger partial charge in [-0.05, 0) is 26.2 Å². The summed E-state index contributed by atoms with van der Waals surface area (Å²) in [6.45, 7) is 3.46. The molecule has 0 aromatic rings. The number of hydrogen-bond donors (Lipinski definition) is 2. The summed E-state index contributed by atoms with van der Waals surface area (Å²) in [6, 6.07) is 0. The number of ketones is 1. The number of amides is 1. The molecule has 0 aromatic carbocycles. The van der Waals surface area contributed by atoms with E-state index in [-0.39, 0.29) is 36.9 Å². The Bertz CT molecular complexity index is 523. The Hall–Kier alpha value is -1.76. The molecule has 0 aliphatic rings. The van der Waals surface area contributed by atoms with E-state index in [9.17, 15) is 19.2 Å². The van der Waals surface area contributed by atoms with Gasteiger partial charge in [0.2, 0.25) is 5.91 Å². The molecule has 0 aliphatic heterocycles. The van der Waals surface area contributed by atoms with Crippen LogP contribution in [0.25, 0.3) is 0 Å². The molecule has 0 bridgehead atoms. The van der Waals surface area contributed by atoms with Crippen LogP contribution >= 0.6 is 0 Å². The lowest BCUT2D eigenvalue weighted by molar-refractivity contribution is -0.137. The lowest BCUT2D eigenvalue weighted by Gasteiger charge is -2.10. The minimum absolute atomic E-state index is 0.107. The zero-order chi connectivity index (χ0) is 24.6. The van der Waals surface area contributed by atoms with Gasteiger partial charge in [0.1, 0.15) is 12.1 Å². The van der Waals surface area contributed by atoms with Crippen LogP contribution in [-0.4, -0.2) is 48.8 Å². The van der Waals surface area contributed by atoms with Gasteiger partial charge in [-0.15, -0.1) is 0 Å². The number of carbonyl (C=O) groups excluding carboxylic acids is 3. The van der Waals surface area contributed by atoms with Gasteiger partial charge < -0.3 is 20.0 Å². The van der Waals surface area contributed by atoms with Gasteiger partial charge in [-0.2, -0.15) is 0 Å². The number of rotatable bonds is 25. The third-order valence-corrected chi connectivity index (χ3v) is 5.79. The molecule has 0 rings (SSSR count). The molecule has 1 amide bonds. The van der Waals surface area contributed by atoms with Crippen molar-refractivity contribution in [2.24, 2.45) is 5.92 Å². The number of unbranched alkanes of at least 4 members (excludes halogenated alkanes) is 11. The summed E-state index contributed by atoms with van der Waals surface area (Å²) in [7, 11) is 0.